The Bertz CT molecular complexity index is 692. The fourth-order valence-electron chi connectivity index (χ4n) is 1.99. The third kappa shape index (κ3) is 4.25. The highest BCUT2D eigenvalue weighted by atomic mass is 32.2. The SMILES string of the molecule is CCn1cc(S(=O)(=O)N(CCNS(C)(=O)=O)C2CC2)cn1. The molecule has 1 N–H and O–H groups in total. The van der Waals surface area contributed by atoms with Gasteiger partial charge in [-0.3, -0.25) is 4.68 Å². The van der Waals surface area contributed by atoms with Gasteiger partial charge in [-0.2, -0.15) is 9.40 Å². The second-order valence-corrected chi connectivity index (χ2v) is 8.77. The Morgan fingerprint density at radius 2 is 2.05 bits per heavy atom. The molecule has 2 rings (SSSR count). The molecule has 0 radical (unpaired) electrons. The Morgan fingerprint density at radius 3 is 2.52 bits per heavy atom. The molecule has 1 heterocycles. The molecule has 120 valence electrons. The molecule has 0 saturated heterocycles. The maximum Gasteiger partial charge on any atom is 0.246 e. The highest BCUT2D eigenvalue weighted by Gasteiger charge is 2.38. The minimum atomic E-state index is -3.63. The van der Waals surface area contributed by atoms with Crippen LogP contribution in [0.1, 0.15) is 19.8 Å². The molecule has 0 atom stereocenters. The molecule has 0 bridgehead atoms. The molecule has 0 aromatic carbocycles. The Hall–Kier alpha value is -0.970. The first-order valence-electron chi connectivity index (χ1n) is 6.73. The van der Waals surface area contributed by atoms with E-state index in [1.165, 1.54) is 16.7 Å². The summed E-state index contributed by atoms with van der Waals surface area (Å²) in [5.41, 5.74) is 0. The van der Waals surface area contributed by atoms with Gasteiger partial charge in [0.2, 0.25) is 20.0 Å². The van der Waals surface area contributed by atoms with Crippen LogP contribution in [0.25, 0.3) is 0 Å². The van der Waals surface area contributed by atoms with Crippen LogP contribution < -0.4 is 4.72 Å². The van der Waals surface area contributed by atoms with Crippen LogP contribution >= 0.6 is 0 Å². The summed E-state index contributed by atoms with van der Waals surface area (Å²) in [6, 6.07) is -0.0404. The monoisotopic (exact) mass is 336 g/mol. The van der Waals surface area contributed by atoms with Crippen molar-refractivity contribution in [3.05, 3.63) is 12.4 Å². The molecule has 1 saturated carbocycles. The van der Waals surface area contributed by atoms with Crippen LogP contribution in [0.2, 0.25) is 0 Å². The van der Waals surface area contributed by atoms with Gasteiger partial charge in [0.15, 0.2) is 0 Å². The molecular weight excluding hydrogens is 316 g/mol. The third-order valence-corrected chi connectivity index (χ3v) is 5.82. The van der Waals surface area contributed by atoms with Crippen molar-refractivity contribution in [1.29, 1.82) is 0 Å². The lowest BCUT2D eigenvalue weighted by atomic mass is 10.6. The summed E-state index contributed by atoms with van der Waals surface area (Å²) in [4.78, 5) is 0.149. The lowest BCUT2D eigenvalue weighted by Crippen LogP contribution is -2.39. The number of rotatable bonds is 8. The fraction of sp³-hybridized carbons (Fsp3) is 0.727. The van der Waals surface area contributed by atoms with Gasteiger partial charge < -0.3 is 0 Å². The van der Waals surface area contributed by atoms with E-state index in [9.17, 15) is 16.8 Å². The summed E-state index contributed by atoms with van der Waals surface area (Å²) in [5.74, 6) is 0. The molecule has 1 aromatic rings. The van der Waals surface area contributed by atoms with Crippen molar-refractivity contribution in [3.8, 4) is 0 Å². The summed E-state index contributed by atoms with van der Waals surface area (Å²) in [6.07, 6.45) is 5.49. The maximum atomic E-state index is 12.6. The normalized spacial score (nSPS) is 16.5. The molecule has 8 nitrogen and oxygen atoms in total. The maximum absolute atomic E-state index is 12.6. The lowest BCUT2D eigenvalue weighted by molar-refractivity contribution is 0.406. The minimum absolute atomic E-state index is 0.0404. The third-order valence-electron chi connectivity index (χ3n) is 3.19. The quantitative estimate of drug-likeness (QED) is 0.696. The standard InChI is InChI=1S/C11H20N4O4S2/c1-3-14-9-11(8-12-14)21(18,19)15(10-4-5-10)7-6-13-20(2,16)17/h8-10,13H,3-7H2,1-2H3. The van der Waals surface area contributed by atoms with Crippen molar-refractivity contribution in [2.75, 3.05) is 19.3 Å². The average molecular weight is 336 g/mol. The molecule has 1 aliphatic carbocycles. The van der Waals surface area contributed by atoms with Gasteiger partial charge in [0.1, 0.15) is 4.90 Å². The van der Waals surface area contributed by atoms with Gasteiger partial charge in [-0.05, 0) is 19.8 Å². The molecule has 0 spiro atoms. The van der Waals surface area contributed by atoms with E-state index in [1.54, 1.807) is 4.68 Å². The summed E-state index contributed by atoms with van der Waals surface area (Å²) < 4.78 is 52.6. The predicted octanol–water partition coefficient (Wildman–Crippen LogP) is -0.395. The topological polar surface area (TPSA) is 101 Å². The Labute approximate surface area is 125 Å². The van der Waals surface area contributed by atoms with Crippen LogP contribution in [0.3, 0.4) is 0 Å². The number of aryl methyl sites for hydroxylation is 1. The van der Waals surface area contributed by atoms with Crippen molar-refractivity contribution < 1.29 is 16.8 Å². The zero-order chi connectivity index (χ0) is 15.7. The number of hydrogen-bond donors (Lipinski definition) is 1. The van der Waals surface area contributed by atoms with Gasteiger partial charge in [0.25, 0.3) is 0 Å². The summed E-state index contributed by atoms with van der Waals surface area (Å²) >= 11 is 0. The van der Waals surface area contributed by atoms with Gasteiger partial charge in [-0.25, -0.2) is 21.6 Å². The van der Waals surface area contributed by atoms with E-state index in [0.717, 1.165) is 19.1 Å². The fourth-order valence-corrected chi connectivity index (χ4v) is 4.09. The van der Waals surface area contributed by atoms with E-state index in [0.29, 0.717) is 6.54 Å². The van der Waals surface area contributed by atoms with Gasteiger partial charge in [0, 0.05) is 31.9 Å². The molecular formula is C11H20N4O4S2. The van der Waals surface area contributed by atoms with Crippen LogP contribution in [0.5, 0.6) is 0 Å². The second-order valence-electron chi connectivity index (χ2n) is 5.05. The molecule has 1 aliphatic rings. The van der Waals surface area contributed by atoms with Crippen molar-refractivity contribution in [3.63, 3.8) is 0 Å². The van der Waals surface area contributed by atoms with E-state index in [-0.39, 0.29) is 24.0 Å². The van der Waals surface area contributed by atoms with E-state index < -0.39 is 20.0 Å². The molecule has 0 unspecified atom stereocenters. The second kappa shape index (κ2) is 6.03. The van der Waals surface area contributed by atoms with Crippen molar-refractivity contribution in [2.45, 2.75) is 37.2 Å². The number of nitrogens with one attached hydrogen (secondary N) is 1. The molecule has 0 amide bonds. The van der Waals surface area contributed by atoms with Crippen molar-refractivity contribution in [2.24, 2.45) is 0 Å². The Kier molecular flexibility index (Phi) is 4.71. The van der Waals surface area contributed by atoms with Gasteiger partial charge >= 0.3 is 0 Å². The molecule has 1 fully saturated rings. The number of aromatic nitrogens is 2. The number of hydrogen-bond acceptors (Lipinski definition) is 5. The van der Waals surface area contributed by atoms with Crippen LogP contribution in [0.4, 0.5) is 0 Å². The van der Waals surface area contributed by atoms with Gasteiger partial charge in [-0.15, -0.1) is 0 Å². The highest BCUT2D eigenvalue weighted by molar-refractivity contribution is 7.89. The molecule has 21 heavy (non-hydrogen) atoms. The van der Waals surface area contributed by atoms with Crippen LogP contribution in [0.15, 0.2) is 17.3 Å². The number of nitrogens with zero attached hydrogens (tertiary/aromatic N) is 3. The molecule has 0 aliphatic heterocycles. The first-order chi connectivity index (χ1) is 9.74. The van der Waals surface area contributed by atoms with Crippen molar-refractivity contribution in [1.82, 2.24) is 18.8 Å². The van der Waals surface area contributed by atoms with E-state index in [4.69, 9.17) is 0 Å². The summed E-state index contributed by atoms with van der Waals surface area (Å²) in [5, 5.41) is 3.98. The molecule has 10 heteroatoms. The zero-order valence-electron chi connectivity index (χ0n) is 12.1. The van der Waals surface area contributed by atoms with E-state index in [1.807, 2.05) is 6.92 Å². The van der Waals surface area contributed by atoms with Gasteiger partial charge in [-0.1, -0.05) is 0 Å². The first-order valence-corrected chi connectivity index (χ1v) is 10.1. The Balaban J connectivity index is 2.13. The summed E-state index contributed by atoms with van der Waals surface area (Å²) in [7, 11) is -6.95. The van der Waals surface area contributed by atoms with Crippen LogP contribution in [-0.4, -0.2) is 56.3 Å². The van der Waals surface area contributed by atoms with E-state index >= 15 is 0 Å². The minimum Gasteiger partial charge on any atom is -0.272 e. The zero-order valence-corrected chi connectivity index (χ0v) is 13.7. The predicted molar refractivity (Wildman–Crippen MR) is 77.7 cm³/mol. The van der Waals surface area contributed by atoms with Crippen molar-refractivity contribution >= 4 is 20.0 Å². The summed E-state index contributed by atoms with van der Waals surface area (Å²) in [6.45, 7) is 2.65. The smallest absolute Gasteiger partial charge is 0.246 e. The highest BCUT2D eigenvalue weighted by Crippen LogP contribution is 2.31. The van der Waals surface area contributed by atoms with Crippen LogP contribution in [0, 0.1) is 0 Å². The number of sulfonamides is 2. The van der Waals surface area contributed by atoms with Gasteiger partial charge in [0.05, 0.1) is 12.5 Å². The largest absolute Gasteiger partial charge is 0.272 e. The lowest BCUT2D eigenvalue weighted by Gasteiger charge is -2.20. The molecule has 1 aromatic heterocycles. The van der Waals surface area contributed by atoms with E-state index in [2.05, 4.69) is 9.82 Å². The average Bonchev–Trinajstić information content (AvgIpc) is 3.08. The Morgan fingerprint density at radius 1 is 1.38 bits per heavy atom. The van der Waals surface area contributed by atoms with Crippen LogP contribution in [-0.2, 0) is 26.6 Å². The first kappa shape index (κ1) is 16.4.